The summed E-state index contributed by atoms with van der Waals surface area (Å²) in [5.74, 6) is 1.15. The molecule has 1 aliphatic rings. The van der Waals surface area contributed by atoms with Crippen molar-refractivity contribution in [2.45, 2.75) is 51.6 Å². The SMILES string of the molecule is CCCNC1CCCc2nc(N(C)C(C)CSC)sc21. The summed E-state index contributed by atoms with van der Waals surface area (Å²) in [5.41, 5.74) is 1.34. The average Bonchev–Trinajstić information content (AvgIpc) is 2.88. The summed E-state index contributed by atoms with van der Waals surface area (Å²) < 4.78 is 0. The van der Waals surface area contributed by atoms with Crippen LogP contribution < -0.4 is 10.2 Å². The summed E-state index contributed by atoms with van der Waals surface area (Å²) in [5, 5.41) is 4.88. The van der Waals surface area contributed by atoms with Crippen molar-refractivity contribution in [2.75, 3.05) is 30.5 Å². The number of rotatable bonds is 7. The molecule has 0 spiro atoms. The topological polar surface area (TPSA) is 28.2 Å². The lowest BCUT2D eigenvalue weighted by Gasteiger charge is -2.23. The molecule has 0 amide bonds. The molecule has 2 atom stereocenters. The normalized spacial score (nSPS) is 19.7. The third-order valence-electron chi connectivity index (χ3n) is 3.95. The first-order valence-corrected chi connectivity index (χ1v) is 9.83. The number of thioether (sulfide) groups is 1. The van der Waals surface area contributed by atoms with Gasteiger partial charge in [-0.3, -0.25) is 0 Å². The third kappa shape index (κ3) is 3.68. The predicted octanol–water partition coefficient (Wildman–Crippen LogP) is 3.71. The summed E-state index contributed by atoms with van der Waals surface area (Å²) in [6.45, 7) is 5.62. The molecular formula is C15H27N3S2. The van der Waals surface area contributed by atoms with E-state index in [2.05, 4.69) is 37.4 Å². The lowest BCUT2D eigenvalue weighted by molar-refractivity contribution is 0.464. The van der Waals surface area contributed by atoms with Crippen molar-refractivity contribution < 1.29 is 0 Å². The first-order chi connectivity index (χ1) is 9.67. The molecule has 20 heavy (non-hydrogen) atoms. The molecule has 1 heterocycles. The lowest BCUT2D eigenvalue weighted by atomic mass is 9.98. The van der Waals surface area contributed by atoms with Crippen molar-refractivity contribution in [3.63, 3.8) is 0 Å². The average molecular weight is 314 g/mol. The summed E-state index contributed by atoms with van der Waals surface area (Å²) in [6.07, 6.45) is 7.05. The molecule has 1 aromatic heterocycles. The zero-order valence-electron chi connectivity index (χ0n) is 13.1. The Morgan fingerprint density at radius 1 is 1.55 bits per heavy atom. The van der Waals surface area contributed by atoms with Gasteiger partial charge in [-0.15, -0.1) is 0 Å². The molecule has 0 fully saturated rings. The molecule has 1 aliphatic carbocycles. The number of nitrogens with zero attached hydrogens (tertiary/aromatic N) is 2. The van der Waals surface area contributed by atoms with Gasteiger partial charge in [0.25, 0.3) is 0 Å². The largest absolute Gasteiger partial charge is 0.348 e. The number of aromatic nitrogens is 1. The minimum Gasteiger partial charge on any atom is -0.348 e. The lowest BCUT2D eigenvalue weighted by Crippen LogP contribution is -2.30. The third-order valence-corrected chi connectivity index (χ3v) is 6.07. The number of thiazole rings is 1. The Labute approximate surface area is 131 Å². The van der Waals surface area contributed by atoms with Gasteiger partial charge in [0.2, 0.25) is 0 Å². The van der Waals surface area contributed by atoms with Gasteiger partial charge in [0.1, 0.15) is 0 Å². The fraction of sp³-hybridized carbons (Fsp3) is 0.800. The van der Waals surface area contributed by atoms with Gasteiger partial charge in [0.15, 0.2) is 5.13 Å². The Balaban J connectivity index is 2.12. The van der Waals surface area contributed by atoms with Crippen LogP contribution in [0, 0.1) is 0 Å². The minimum atomic E-state index is 0.536. The molecule has 5 heteroatoms. The van der Waals surface area contributed by atoms with Crippen LogP contribution in [0.4, 0.5) is 5.13 Å². The Bertz CT molecular complexity index is 419. The van der Waals surface area contributed by atoms with E-state index in [1.165, 1.54) is 35.0 Å². The van der Waals surface area contributed by atoms with Crippen molar-refractivity contribution in [2.24, 2.45) is 0 Å². The Morgan fingerprint density at radius 3 is 3.05 bits per heavy atom. The van der Waals surface area contributed by atoms with E-state index in [1.807, 2.05) is 23.1 Å². The maximum Gasteiger partial charge on any atom is 0.185 e. The van der Waals surface area contributed by atoms with Crippen molar-refractivity contribution in [3.8, 4) is 0 Å². The highest BCUT2D eigenvalue weighted by atomic mass is 32.2. The van der Waals surface area contributed by atoms with Crippen LogP contribution in [0.3, 0.4) is 0 Å². The van der Waals surface area contributed by atoms with Crippen LogP contribution in [0.1, 0.15) is 49.7 Å². The number of fused-ring (bicyclic) bond motifs is 1. The second kappa shape index (κ2) is 7.66. The fourth-order valence-corrected chi connectivity index (χ4v) is 4.60. The number of hydrogen-bond acceptors (Lipinski definition) is 5. The van der Waals surface area contributed by atoms with Gasteiger partial charge < -0.3 is 10.2 Å². The molecule has 2 unspecified atom stereocenters. The number of hydrogen-bond donors (Lipinski definition) is 1. The molecule has 0 radical (unpaired) electrons. The van der Waals surface area contributed by atoms with Gasteiger partial charge in [-0.2, -0.15) is 11.8 Å². The first-order valence-electron chi connectivity index (χ1n) is 7.62. The zero-order chi connectivity index (χ0) is 14.5. The van der Waals surface area contributed by atoms with E-state index in [-0.39, 0.29) is 0 Å². The summed E-state index contributed by atoms with van der Waals surface area (Å²) in [7, 11) is 2.18. The molecular weight excluding hydrogens is 286 g/mol. The quantitative estimate of drug-likeness (QED) is 0.830. The molecule has 114 valence electrons. The van der Waals surface area contributed by atoms with Crippen molar-refractivity contribution in [1.29, 1.82) is 0 Å². The van der Waals surface area contributed by atoms with Crippen molar-refractivity contribution >= 4 is 28.2 Å². The Kier molecular flexibility index (Phi) is 6.18. The molecule has 0 aromatic carbocycles. The van der Waals surface area contributed by atoms with E-state index < -0.39 is 0 Å². The highest BCUT2D eigenvalue weighted by Crippen LogP contribution is 2.37. The van der Waals surface area contributed by atoms with Gasteiger partial charge in [-0.1, -0.05) is 18.3 Å². The second-order valence-electron chi connectivity index (χ2n) is 5.62. The second-order valence-corrected chi connectivity index (χ2v) is 7.54. The maximum absolute atomic E-state index is 4.91. The van der Waals surface area contributed by atoms with Crippen molar-refractivity contribution in [1.82, 2.24) is 10.3 Å². The van der Waals surface area contributed by atoms with E-state index >= 15 is 0 Å². The van der Waals surface area contributed by atoms with Gasteiger partial charge >= 0.3 is 0 Å². The molecule has 1 aromatic rings. The summed E-state index contributed by atoms with van der Waals surface area (Å²) in [6, 6.07) is 1.08. The smallest absolute Gasteiger partial charge is 0.185 e. The molecule has 0 saturated heterocycles. The Hall–Kier alpha value is -0.260. The zero-order valence-corrected chi connectivity index (χ0v) is 14.7. The molecule has 3 nitrogen and oxygen atoms in total. The molecule has 0 bridgehead atoms. The van der Waals surface area contributed by atoms with E-state index in [0.29, 0.717) is 12.1 Å². The van der Waals surface area contributed by atoms with Crippen molar-refractivity contribution in [3.05, 3.63) is 10.6 Å². The summed E-state index contributed by atoms with van der Waals surface area (Å²) >= 11 is 3.80. The van der Waals surface area contributed by atoms with E-state index in [4.69, 9.17) is 4.98 Å². The van der Waals surface area contributed by atoms with Gasteiger partial charge in [0.05, 0.1) is 5.69 Å². The highest BCUT2D eigenvalue weighted by molar-refractivity contribution is 7.98. The molecule has 2 rings (SSSR count). The van der Waals surface area contributed by atoms with Crippen LogP contribution in [0.2, 0.25) is 0 Å². The van der Waals surface area contributed by atoms with Crippen LogP contribution in [0.5, 0.6) is 0 Å². The molecule has 0 aliphatic heterocycles. The van der Waals surface area contributed by atoms with Crippen LogP contribution in [-0.4, -0.2) is 36.6 Å². The van der Waals surface area contributed by atoms with Crippen LogP contribution in [0.25, 0.3) is 0 Å². The maximum atomic E-state index is 4.91. The van der Waals surface area contributed by atoms with Crippen LogP contribution in [0.15, 0.2) is 0 Å². The molecule has 0 saturated carbocycles. The van der Waals surface area contributed by atoms with E-state index in [9.17, 15) is 0 Å². The first kappa shape index (κ1) is 16.1. The molecule has 1 N–H and O–H groups in total. The summed E-state index contributed by atoms with van der Waals surface area (Å²) in [4.78, 5) is 8.74. The highest BCUT2D eigenvalue weighted by Gasteiger charge is 2.25. The number of nitrogens with one attached hydrogen (secondary N) is 1. The monoisotopic (exact) mass is 313 g/mol. The number of aryl methyl sites for hydroxylation is 1. The van der Waals surface area contributed by atoms with Crippen LogP contribution >= 0.6 is 23.1 Å². The minimum absolute atomic E-state index is 0.536. The fourth-order valence-electron chi connectivity index (χ4n) is 2.61. The van der Waals surface area contributed by atoms with Gasteiger partial charge in [-0.25, -0.2) is 4.98 Å². The predicted molar refractivity (Wildman–Crippen MR) is 92.3 cm³/mol. The van der Waals surface area contributed by atoms with Gasteiger partial charge in [0, 0.05) is 29.8 Å². The van der Waals surface area contributed by atoms with E-state index in [1.54, 1.807) is 0 Å². The number of anilines is 1. The standard InChI is InChI=1S/C15H27N3S2/c1-5-9-16-12-7-6-8-13-14(12)20-15(17-13)18(3)11(2)10-19-4/h11-12,16H,5-10H2,1-4H3. The van der Waals surface area contributed by atoms with E-state index in [0.717, 1.165) is 18.7 Å². The van der Waals surface area contributed by atoms with Gasteiger partial charge in [-0.05, 0) is 45.4 Å². The Morgan fingerprint density at radius 2 is 2.35 bits per heavy atom. The van der Waals surface area contributed by atoms with Crippen LogP contribution in [-0.2, 0) is 6.42 Å².